The second kappa shape index (κ2) is 6.19. The first-order chi connectivity index (χ1) is 9.55. The Morgan fingerprint density at radius 2 is 1.80 bits per heavy atom. The highest BCUT2D eigenvalue weighted by Gasteiger charge is 2.41. The SMILES string of the molecule is CCC(CC)(C(N)c1ccc(F)cc1F)N1CCCC1. The molecule has 0 radical (unpaired) electrons. The Morgan fingerprint density at radius 1 is 1.20 bits per heavy atom. The van der Waals surface area contributed by atoms with Crippen molar-refractivity contribution in [3.05, 3.63) is 35.4 Å². The fourth-order valence-corrected chi connectivity index (χ4v) is 3.54. The van der Waals surface area contributed by atoms with Crippen molar-refractivity contribution in [1.82, 2.24) is 4.90 Å². The van der Waals surface area contributed by atoms with Gasteiger partial charge in [-0.15, -0.1) is 0 Å². The molecule has 2 N–H and O–H groups in total. The molecule has 0 amide bonds. The van der Waals surface area contributed by atoms with Crippen molar-refractivity contribution in [3.8, 4) is 0 Å². The van der Waals surface area contributed by atoms with Gasteiger partial charge in [0.15, 0.2) is 0 Å². The van der Waals surface area contributed by atoms with Gasteiger partial charge in [0.05, 0.1) is 6.04 Å². The minimum absolute atomic E-state index is 0.241. The highest BCUT2D eigenvalue weighted by atomic mass is 19.1. The summed E-state index contributed by atoms with van der Waals surface area (Å²) in [6.45, 7) is 6.22. The molecule has 1 aromatic rings. The quantitative estimate of drug-likeness (QED) is 0.893. The lowest BCUT2D eigenvalue weighted by Gasteiger charge is -2.45. The van der Waals surface area contributed by atoms with E-state index in [1.165, 1.54) is 25.0 Å². The molecule has 0 aliphatic carbocycles. The van der Waals surface area contributed by atoms with Crippen LogP contribution in [0, 0.1) is 11.6 Å². The van der Waals surface area contributed by atoms with Gasteiger partial charge in [-0.05, 0) is 44.8 Å². The molecule has 4 heteroatoms. The second-order valence-corrected chi connectivity index (χ2v) is 5.65. The lowest BCUT2D eigenvalue weighted by Crippen LogP contribution is -2.54. The minimum atomic E-state index is -0.557. The first kappa shape index (κ1) is 15.4. The number of benzene rings is 1. The zero-order valence-corrected chi connectivity index (χ0v) is 12.3. The maximum Gasteiger partial charge on any atom is 0.130 e. The van der Waals surface area contributed by atoms with Gasteiger partial charge in [0.25, 0.3) is 0 Å². The van der Waals surface area contributed by atoms with E-state index in [2.05, 4.69) is 18.7 Å². The maximum atomic E-state index is 14.1. The summed E-state index contributed by atoms with van der Waals surface area (Å²) in [5, 5.41) is 0. The van der Waals surface area contributed by atoms with Crippen molar-refractivity contribution in [3.63, 3.8) is 0 Å². The van der Waals surface area contributed by atoms with Gasteiger partial charge in [0.1, 0.15) is 11.6 Å². The molecule has 1 saturated heterocycles. The van der Waals surface area contributed by atoms with Crippen molar-refractivity contribution in [2.45, 2.75) is 51.1 Å². The zero-order chi connectivity index (χ0) is 14.8. The molecule has 1 aromatic carbocycles. The Hall–Kier alpha value is -1.00. The predicted octanol–water partition coefficient (Wildman–Crippen LogP) is 3.62. The van der Waals surface area contributed by atoms with Crippen LogP contribution in [0.5, 0.6) is 0 Å². The van der Waals surface area contributed by atoms with Crippen LogP contribution in [0.4, 0.5) is 8.78 Å². The van der Waals surface area contributed by atoms with Gasteiger partial charge >= 0.3 is 0 Å². The summed E-state index contributed by atoms with van der Waals surface area (Å²) in [5.74, 6) is -1.10. The fourth-order valence-electron chi connectivity index (χ4n) is 3.54. The molecule has 1 atom stereocenters. The molecular formula is C16H24F2N2. The lowest BCUT2D eigenvalue weighted by molar-refractivity contribution is 0.0753. The van der Waals surface area contributed by atoms with Gasteiger partial charge < -0.3 is 5.73 Å². The molecule has 1 heterocycles. The zero-order valence-electron chi connectivity index (χ0n) is 12.3. The molecule has 1 aliphatic heterocycles. The first-order valence-electron chi connectivity index (χ1n) is 7.50. The van der Waals surface area contributed by atoms with Gasteiger partial charge in [0, 0.05) is 17.2 Å². The van der Waals surface area contributed by atoms with E-state index in [-0.39, 0.29) is 5.54 Å². The van der Waals surface area contributed by atoms with Crippen LogP contribution >= 0.6 is 0 Å². The second-order valence-electron chi connectivity index (χ2n) is 5.65. The largest absolute Gasteiger partial charge is 0.322 e. The highest BCUT2D eigenvalue weighted by Crippen LogP contribution is 2.38. The molecule has 1 unspecified atom stereocenters. The normalized spacial score (nSPS) is 18.4. The Kier molecular flexibility index (Phi) is 4.76. The molecular weight excluding hydrogens is 258 g/mol. The molecule has 1 fully saturated rings. The monoisotopic (exact) mass is 282 g/mol. The summed E-state index contributed by atoms with van der Waals surface area (Å²) in [5.41, 5.74) is 6.60. The van der Waals surface area contributed by atoms with Crippen molar-refractivity contribution in [1.29, 1.82) is 0 Å². The van der Waals surface area contributed by atoms with Crippen LogP contribution in [0.1, 0.15) is 51.1 Å². The number of hydrogen-bond donors (Lipinski definition) is 1. The van der Waals surface area contributed by atoms with E-state index < -0.39 is 17.7 Å². The van der Waals surface area contributed by atoms with Crippen molar-refractivity contribution < 1.29 is 8.78 Å². The number of hydrogen-bond acceptors (Lipinski definition) is 2. The average molecular weight is 282 g/mol. The molecule has 0 saturated carbocycles. The molecule has 1 aliphatic rings. The molecule has 2 nitrogen and oxygen atoms in total. The average Bonchev–Trinajstić information content (AvgIpc) is 2.95. The van der Waals surface area contributed by atoms with Crippen LogP contribution < -0.4 is 5.73 Å². The summed E-state index contributed by atoms with van der Waals surface area (Å²) in [4.78, 5) is 2.39. The van der Waals surface area contributed by atoms with E-state index >= 15 is 0 Å². The number of halogens is 2. The first-order valence-corrected chi connectivity index (χ1v) is 7.50. The van der Waals surface area contributed by atoms with Gasteiger partial charge in [-0.1, -0.05) is 19.9 Å². The number of rotatable bonds is 5. The summed E-state index contributed by atoms with van der Waals surface area (Å²) in [7, 11) is 0. The van der Waals surface area contributed by atoms with E-state index in [0.717, 1.165) is 32.0 Å². The summed E-state index contributed by atoms with van der Waals surface area (Å²) in [6.07, 6.45) is 4.06. The van der Waals surface area contributed by atoms with E-state index in [0.29, 0.717) is 5.56 Å². The Bertz CT molecular complexity index is 452. The van der Waals surface area contributed by atoms with Crippen molar-refractivity contribution in [2.75, 3.05) is 13.1 Å². The fraction of sp³-hybridized carbons (Fsp3) is 0.625. The van der Waals surface area contributed by atoms with Crippen LogP contribution in [-0.4, -0.2) is 23.5 Å². The molecule has 20 heavy (non-hydrogen) atoms. The number of likely N-dealkylation sites (tertiary alicyclic amines) is 1. The van der Waals surface area contributed by atoms with E-state index in [1.807, 2.05) is 0 Å². The van der Waals surface area contributed by atoms with Crippen LogP contribution in [0.25, 0.3) is 0 Å². The third kappa shape index (κ3) is 2.59. The Morgan fingerprint density at radius 3 is 2.30 bits per heavy atom. The molecule has 0 bridgehead atoms. The molecule has 0 spiro atoms. The number of nitrogens with zero attached hydrogens (tertiary/aromatic N) is 1. The van der Waals surface area contributed by atoms with Gasteiger partial charge in [-0.2, -0.15) is 0 Å². The Balaban J connectivity index is 2.37. The van der Waals surface area contributed by atoms with Crippen molar-refractivity contribution in [2.24, 2.45) is 5.73 Å². The number of nitrogens with two attached hydrogens (primary N) is 1. The summed E-state index contributed by atoms with van der Waals surface area (Å²) in [6, 6.07) is 3.27. The van der Waals surface area contributed by atoms with Crippen molar-refractivity contribution >= 4 is 0 Å². The third-order valence-corrected chi connectivity index (χ3v) is 4.84. The van der Waals surface area contributed by atoms with Gasteiger partial charge in [0.2, 0.25) is 0 Å². The van der Waals surface area contributed by atoms with E-state index in [9.17, 15) is 8.78 Å². The minimum Gasteiger partial charge on any atom is -0.322 e. The maximum absolute atomic E-state index is 14.1. The van der Waals surface area contributed by atoms with Crippen LogP contribution in [0.3, 0.4) is 0 Å². The lowest BCUT2D eigenvalue weighted by atomic mass is 9.79. The summed E-state index contributed by atoms with van der Waals surface area (Å²) < 4.78 is 27.1. The van der Waals surface area contributed by atoms with Crippen LogP contribution in [-0.2, 0) is 0 Å². The molecule has 112 valence electrons. The van der Waals surface area contributed by atoms with Gasteiger partial charge in [-0.3, -0.25) is 4.90 Å². The predicted molar refractivity (Wildman–Crippen MR) is 77.4 cm³/mol. The van der Waals surface area contributed by atoms with Crippen LogP contribution in [0.15, 0.2) is 18.2 Å². The topological polar surface area (TPSA) is 29.3 Å². The highest BCUT2D eigenvalue weighted by molar-refractivity contribution is 5.26. The third-order valence-electron chi connectivity index (χ3n) is 4.84. The summed E-state index contributed by atoms with van der Waals surface area (Å²) >= 11 is 0. The van der Waals surface area contributed by atoms with E-state index in [4.69, 9.17) is 5.73 Å². The van der Waals surface area contributed by atoms with Gasteiger partial charge in [-0.25, -0.2) is 8.78 Å². The molecule has 2 rings (SSSR count). The standard InChI is InChI=1S/C16H24F2N2/c1-3-16(4-2,20-9-5-6-10-20)15(19)13-8-7-12(17)11-14(13)18/h7-8,11,15H,3-6,9-10,19H2,1-2H3. The Labute approximate surface area is 120 Å². The van der Waals surface area contributed by atoms with E-state index in [1.54, 1.807) is 0 Å². The smallest absolute Gasteiger partial charge is 0.130 e. The van der Waals surface area contributed by atoms with Crippen LogP contribution in [0.2, 0.25) is 0 Å². The molecule has 0 aromatic heterocycles.